The highest BCUT2D eigenvalue weighted by molar-refractivity contribution is 6.41. The van der Waals surface area contributed by atoms with Gasteiger partial charge in [-0.05, 0) is 43.9 Å². The summed E-state index contributed by atoms with van der Waals surface area (Å²) < 4.78 is 10.3. The lowest BCUT2D eigenvalue weighted by Crippen LogP contribution is -2.56. The van der Waals surface area contributed by atoms with E-state index in [4.69, 9.17) is 4.74 Å². The lowest BCUT2D eigenvalue weighted by atomic mass is 9.96. The van der Waals surface area contributed by atoms with Crippen LogP contribution >= 0.6 is 0 Å². The maximum absolute atomic E-state index is 12.5. The maximum Gasteiger partial charge on any atom is 0.379 e. The molecule has 198 valence electrons. The first kappa shape index (κ1) is 27.9. The van der Waals surface area contributed by atoms with Gasteiger partial charge in [0.1, 0.15) is 17.0 Å². The van der Waals surface area contributed by atoms with E-state index in [9.17, 15) is 24.6 Å². The number of aliphatic hydroxyl groups is 1. The Hall–Kier alpha value is -3.69. The summed E-state index contributed by atoms with van der Waals surface area (Å²) in [7, 11) is 1.16. The third-order valence-electron chi connectivity index (χ3n) is 6.47. The van der Waals surface area contributed by atoms with Crippen molar-refractivity contribution in [2.24, 2.45) is 0 Å². The first-order valence-corrected chi connectivity index (χ1v) is 12.1. The first-order chi connectivity index (χ1) is 17.5. The van der Waals surface area contributed by atoms with Crippen molar-refractivity contribution in [2.45, 2.75) is 51.9 Å². The zero-order valence-electron chi connectivity index (χ0n) is 21.8. The third-order valence-corrected chi connectivity index (χ3v) is 6.47. The number of esters is 1. The molecule has 9 nitrogen and oxygen atoms in total. The average molecular weight is 511 g/mol. The predicted molar refractivity (Wildman–Crippen MR) is 137 cm³/mol. The summed E-state index contributed by atoms with van der Waals surface area (Å²) in [5.41, 5.74) is 0.304. The molecule has 3 rings (SSSR count). The van der Waals surface area contributed by atoms with Crippen molar-refractivity contribution < 1.29 is 34.1 Å². The normalized spacial score (nSPS) is 17.5. The van der Waals surface area contributed by atoms with Crippen molar-refractivity contribution in [3.8, 4) is 11.1 Å². The second-order valence-corrected chi connectivity index (χ2v) is 9.38. The number of aliphatic carboxylic acids is 1. The van der Waals surface area contributed by atoms with Crippen LogP contribution in [0.3, 0.4) is 0 Å². The summed E-state index contributed by atoms with van der Waals surface area (Å²) in [5, 5.41) is 24.2. The van der Waals surface area contributed by atoms with Crippen LogP contribution < -0.4 is 5.32 Å². The van der Waals surface area contributed by atoms with E-state index in [-0.39, 0.29) is 30.1 Å². The van der Waals surface area contributed by atoms with Gasteiger partial charge in [0.2, 0.25) is 0 Å². The maximum atomic E-state index is 12.5. The van der Waals surface area contributed by atoms with Crippen molar-refractivity contribution in [1.82, 2.24) is 10.2 Å². The van der Waals surface area contributed by atoms with Gasteiger partial charge in [-0.15, -0.1) is 0 Å². The van der Waals surface area contributed by atoms with Crippen molar-refractivity contribution in [2.75, 3.05) is 20.3 Å². The molecule has 1 unspecified atom stereocenters. The monoisotopic (exact) mass is 510 g/mol. The summed E-state index contributed by atoms with van der Waals surface area (Å²) in [5.74, 6) is -2.82. The number of carboxylic acids is 1. The van der Waals surface area contributed by atoms with Crippen LogP contribution in [0.5, 0.6) is 0 Å². The molecule has 0 amide bonds. The Morgan fingerprint density at radius 3 is 2.24 bits per heavy atom. The molecule has 0 saturated carbocycles. The fraction of sp³-hybridized carbons (Fsp3) is 0.393. The summed E-state index contributed by atoms with van der Waals surface area (Å²) >= 11 is 0. The van der Waals surface area contributed by atoms with E-state index < -0.39 is 29.0 Å². The fourth-order valence-electron chi connectivity index (χ4n) is 4.48. The third kappa shape index (κ3) is 5.68. The minimum Gasteiger partial charge on any atom is -0.477 e. The molecule has 2 aromatic carbocycles. The number of methoxy groups -OCH3 is 1. The topological polar surface area (TPSA) is 125 Å². The summed E-state index contributed by atoms with van der Waals surface area (Å²) in [4.78, 5) is 38.4. The Labute approximate surface area is 216 Å². The van der Waals surface area contributed by atoms with Crippen molar-refractivity contribution in [3.63, 3.8) is 0 Å². The number of rotatable bonds is 11. The van der Waals surface area contributed by atoms with E-state index in [0.29, 0.717) is 18.6 Å². The van der Waals surface area contributed by atoms with E-state index >= 15 is 0 Å². The van der Waals surface area contributed by atoms with Gasteiger partial charge in [0, 0.05) is 18.7 Å². The van der Waals surface area contributed by atoms with E-state index in [2.05, 4.69) is 10.1 Å². The second kappa shape index (κ2) is 11.1. The molecule has 0 spiro atoms. The molecule has 2 aromatic rings. The van der Waals surface area contributed by atoms with Gasteiger partial charge in [-0.3, -0.25) is 4.79 Å². The molecular formula is C28H34N2O7. The van der Waals surface area contributed by atoms with Crippen LogP contribution in [0, 0.1) is 0 Å². The van der Waals surface area contributed by atoms with Crippen LogP contribution in [-0.2, 0) is 25.6 Å². The summed E-state index contributed by atoms with van der Waals surface area (Å²) in [6.45, 7) is 7.80. The molecule has 0 bridgehead atoms. The Morgan fingerprint density at radius 1 is 1.05 bits per heavy atom. The number of nitrogens with zero attached hydrogens (tertiary/aromatic N) is 1. The van der Waals surface area contributed by atoms with Gasteiger partial charge in [-0.25, -0.2) is 9.59 Å². The number of Topliss-reactive ketones (excluding diaryl/α,β-unsaturated/α-hetero) is 1. The fourth-order valence-corrected chi connectivity index (χ4v) is 4.48. The van der Waals surface area contributed by atoms with Gasteiger partial charge in [0.15, 0.2) is 0 Å². The lowest BCUT2D eigenvalue weighted by molar-refractivity contribution is -0.136. The summed E-state index contributed by atoms with van der Waals surface area (Å²) in [6, 6.07) is 14.1. The Balaban J connectivity index is 2.00. The van der Waals surface area contributed by atoms with Crippen LogP contribution in [0.25, 0.3) is 11.1 Å². The number of carboxylic acid groups (broad SMARTS) is 1. The smallest absolute Gasteiger partial charge is 0.379 e. The van der Waals surface area contributed by atoms with E-state index in [1.165, 1.54) is 0 Å². The molecule has 0 radical (unpaired) electrons. The quantitative estimate of drug-likeness (QED) is 0.237. The van der Waals surface area contributed by atoms with Crippen LogP contribution in [0.15, 0.2) is 59.9 Å². The van der Waals surface area contributed by atoms with Gasteiger partial charge in [-0.2, -0.15) is 0 Å². The Morgan fingerprint density at radius 2 is 1.70 bits per heavy atom. The van der Waals surface area contributed by atoms with Gasteiger partial charge < -0.3 is 29.9 Å². The molecule has 37 heavy (non-hydrogen) atoms. The Kier molecular flexibility index (Phi) is 8.40. The molecule has 0 fully saturated rings. The molecule has 1 aliphatic heterocycles. The SMILES string of the molecule is CCOCC1(CC)NC(C(C)(C)O)=C(C(=O)O)N1Cc1ccc(-c2ccccc2C(=O)C(=O)OC)cc1. The first-order valence-electron chi connectivity index (χ1n) is 12.1. The van der Waals surface area contributed by atoms with Crippen LogP contribution in [0.1, 0.15) is 50.0 Å². The van der Waals surface area contributed by atoms with Gasteiger partial charge >= 0.3 is 11.9 Å². The highest BCUT2D eigenvalue weighted by Gasteiger charge is 2.49. The number of hydrogen-bond donors (Lipinski definition) is 3. The zero-order valence-corrected chi connectivity index (χ0v) is 21.8. The molecule has 9 heteroatoms. The average Bonchev–Trinajstić information content (AvgIpc) is 3.22. The molecule has 0 saturated heterocycles. The predicted octanol–water partition coefficient (Wildman–Crippen LogP) is 3.32. The molecule has 1 aliphatic rings. The minimum atomic E-state index is -1.41. The minimum absolute atomic E-state index is 0.00727. The Bertz CT molecular complexity index is 1200. The number of nitrogens with one attached hydrogen (secondary N) is 1. The van der Waals surface area contributed by atoms with Gasteiger partial charge in [0.25, 0.3) is 5.78 Å². The number of ketones is 1. The summed E-state index contributed by atoms with van der Waals surface area (Å²) in [6.07, 6.45) is 0.518. The van der Waals surface area contributed by atoms with Crippen LogP contribution in [-0.4, -0.2) is 64.4 Å². The number of hydrogen-bond acceptors (Lipinski definition) is 8. The lowest BCUT2D eigenvalue weighted by Gasteiger charge is -2.40. The largest absolute Gasteiger partial charge is 0.477 e. The van der Waals surface area contributed by atoms with E-state index in [1.807, 2.05) is 38.1 Å². The standard InChI is InChI=1S/C28H34N2O7/c1-6-28(17-37-7-2)29-24(27(3,4)35)22(25(32)33)30(28)16-18-12-14-19(15-13-18)20-10-8-9-11-21(20)23(31)26(34)36-5/h8-15,29,35H,6-7,16-17H2,1-5H3,(H,32,33). The molecule has 1 heterocycles. The number of carbonyl (C=O) groups excluding carboxylic acids is 2. The van der Waals surface area contributed by atoms with Crippen LogP contribution in [0.2, 0.25) is 0 Å². The van der Waals surface area contributed by atoms with Crippen molar-refractivity contribution in [3.05, 3.63) is 71.1 Å². The molecule has 3 N–H and O–H groups in total. The second-order valence-electron chi connectivity index (χ2n) is 9.38. The van der Waals surface area contributed by atoms with Crippen LogP contribution in [0.4, 0.5) is 0 Å². The van der Waals surface area contributed by atoms with E-state index in [0.717, 1.165) is 18.2 Å². The zero-order chi connectivity index (χ0) is 27.4. The van der Waals surface area contributed by atoms with Crippen molar-refractivity contribution in [1.29, 1.82) is 0 Å². The highest BCUT2D eigenvalue weighted by Crippen LogP contribution is 2.37. The molecule has 0 aromatic heterocycles. The van der Waals surface area contributed by atoms with Crippen molar-refractivity contribution >= 4 is 17.7 Å². The number of benzene rings is 2. The number of carbonyl (C=O) groups is 3. The van der Waals surface area contributed by atoms with Gasteiger partial charge in [0.05, 0.1) is 19.4 Å². The number of ether oxygens (including phenoxy) is 2. The molecular weight excluding hydrogens is 476 g/mol. The van der Waals surface area contributed by atoms with E-state index in [1.54, 1.807) is 43.0 Å². The molecule has 0 aliphatic carbocycles. The highest BCUT2D eigenvalue weighted by atomic mass is 16.5. The molecule has 1 atom stereocenters. The van der Waals surface area contributed by atoms with Gasteiger partial charge in [-0.1, -0.05) is 55.5 Å².